The Morgan fingerprint density at radius 1 is 1.00 bits per heavy atom. The van der Waals surface area contributed by atoms with Gasteiger partial charge in [-0.2, -0.15) is 0 Å². The average molecular weight is 507 g/mol. The van der Waals surface area contributed by atoms with Gasteiger partial charge in [0.15, 0.2) is 10.9 Å². The van der Waals surface area contributed by atoms with Gasteiger partial charge in [-0.25, -0.2) is 9.37 Å². The number of carboxylic acids is 1. The van der Waals surface area contributed by atoms with E-state index in [-0.39, 0.29) is 20.6 Å². The number of carboxylic acid groups (broad SMARTS) is 1. The van der Waals surface area contributed by atoms with Crippen molar-refractivity contribution in [3.63, 3.8) is 0 Å². The fourth-order valence-electron chi connectivity index (χ4n) is 4.66. The van der Waals surface area contributed by atoms with Gasteiger partial charge in [-0.15, -0.1) is 0 Å². The van der Waals surface area contributed by atoms with E-state index in [1.165, 1.54) is 17.4 Å². The molecule has 0 aliphatic heterocycles. The number of hydrogen-bond donors (Lipinski definition) is 2. The molecule has 2 N–H and O–H groups in total. The Hall–Kier alpha value is -3.58. The molecule has 4 aromatic rings. The molecule has 5 nitrogen and oxygen atoms in total. The highest BCUT2D eigenvalue weighted by Gasteiger charge is 2.37. The molecule has 36 heavy (non-hydrogen) atoms. The van der Waals surface area contributed by atoms with Crippen molar-refractivity contribution in [2.75, 3.05) is 5.32 Å². The van der Waals surface area contributed by atoms with Crippen LogP contribution in [0.5, 0.6) is 0 Å². The highest BCUT2D eigenvalue weighted by molar-refractivity contribution is 7.22. The molecule has 0 saturated heterocycles. The lowest BCUT2D eigenvalue weighted by Gasteiger charge is -2.15. The molecule has 1 fully saturated rings. The lowest BCUT2D eigenvalue weighted by molar-refractivity contribution is -0.142. The molecule has 1 saturated carbocycles. The Kier molecular flexibility index (Phi) is 8.25. The number of rotatable bonds is 6. The molecule has 2 atom stereocenters. The molecule has 7 heteroatoms. The van der Waals surface area contributed by atoms with Gasteiger partial charge >= 0.3 is 5.97 Å². The summed E-state index contributed by atoms with van der Waals surface area (Å²) in [6, 6.07) is 17.9. The van der Waals surface area contributed by atoms with Gasteiger partial charge in [-0.05, 0) is 54.7 Å². The third kappa shape index (κ3) is 5.16. The normalized spacial score (nSPS) is 16.7. The van der Waals surface area contributed by atoms with Gasteiger partial charge < -0.3 is 10.4 Å². The summed E-state index contributed by atoms with van der Waals surface area (Å²) in [6.07, 6.45) is 1.90. The molecule has 0 amide bonds. The zero-order chi connectivity index (χ0) is 23.8. The second-order valence-electron chi connectivity index (χ2n) is 8.68. The van der Waals surface area contributed by atoms with Crippen molar-refractivity contribution >= 4 is 44.1 Å². The fraction of sp³-hybridized carbons (Fsp3) is 0.276. The predicted octanol–water partition coefficient (Wildman–Crippen LogP) is 8.11. The molecule has 1 aliphatic rings. The second kappa shape index (κ2) is 11.0. The van der Waals surface area contributed by atoms with E-state index in [2.05, 4.69) is 10.3 Å². The number of ketones is 1. The van der Waals surface area contributed by atoms with Gasteiger partial charge in [0.05, 0.1) is 21.8 Å². The maximum absolute atomic E-state index is 14.9. The molecule has 1 aliphatic carbocycles. The number of carbonyl (C=O) groups is 2. The van der Waals surface area contributed by atoms with Crippen molar-refractivity contribution in [1.29, 1.82) is 0 Å². The third-order valence-electron chi connectivity index (χ3n) is 6.50. The predicted molar refractivity (Wildman–Crippen MR) is 146 cm³/mol. The van der Waals surface area contributed by atoms with Crippen LogP contribution in [0, 0.1) is 24.6 Å². The van der Waals surface area contributed by atoms with Gasteiger partial charge in [-0.3, -0.25) is 9.59 Å². The van der Waals surface area contributed by atoms with Crippen molar-refractivity contribution in [1.82, 2.24) is 4.98 Å². The molecule has 3 aromatic carbocycles. The minimum absolute atomic E-state index is 0. The van der Waals surface area contributed by atoms with Crippen LogP contribution in [0.3, 0.4) is 0 Å². The number of para-hydroxylation sites is 1. The smallest absolute Gasteiger partial charge is 0.307 e. The van der Waals surface area contributed by atoms with Gasteiger partial charge in [0.2, 0.25) is 0 Å². The van der Waals surface area contributed by atoms with E-state index < -0.39 is 23.6 Å². The van der Waals surface area contributed by atoms with Crippen molar-refractivity contribution in [2.24, 2.45) is 11.8 Å². The number of thiazole rings is 1. The van der Waals surface area contributed by atoms with Crippen LogP contribution in [0.4, 0.5) is 15.2 Å². The van der Waals surface area contributed by atoms with E-state index in [0.717, 1.165) is 27.8 Å². The molecule has 0 unspecified atom stereocenters. The molecule has 0 bridgehead atoms. The maximum atomic E-state index is 14.9. The summed E-state index contributed by atoms with van der Waals surface area (Å²) < 4.78 is 15.9. The van der Waals surface area contributed by atoms with E-state index in [9.17, 15) is 19.1 Å². The van der Waals surface area contributed by atoms with Gasteiger partial charge in [0, 0.05) is 11.5 Å². The molecular weight excluding hydrogens is 475 g/mol. The van der Waals surface area contributed by atoms with Crippen LogP contribution in [-0.2, 0) is 4.79 Å². The Labute approximate surface area is 215 Å². The summed E-state index contributed by atoms with van der Waals surface area (Å²) in [5.41, 5.74) is 4.28. The summed E-state index contributed by atoms with van der Waals surface area (Å²) in [7, 11) is 0. The highest BCUT2D eigenvalue weighted by atomic mass is 32.1. The standard InChI is InChI=1S/C27H23FN2O3S.2CH4/c1-15-4-2-7-23-24(15)30-27(34-23)29-22-13-12-18(14-21(22)28)16-8-10-17(11-9-16)25(31)19-5-3-6-20(19)26(32)33;;/h2,4,7-14,19-20H,3,5-6H2,1H3,(H,29,30)(H,32,33);2*1H4/t19-,20-;;/m1../s1. The first-order valence-electron chi connectivity index (χ1n) is 11.2. The van der Waals surface area contributed by atoms with Crippen LogP contribution in [0.25, 0.3) is 21.3 Å². The molecule has 188 valence electrons. The van der Waals surface area contributed by atoms with Crippen molar-refractivity contribution < 1.29 is 19.1 Å². The number of fused-ring (bicyclic) bond motifs is 1. The third-order valence-corrected chi connectivity index (χ3v) is 7.44. The van der Waals surface area contributed by atoms with E-state index in [4.69, 9.17) is 0 Å². The van der Waals surface area contributed by atoms with E-state index >= 15 is 0 Å². The van der Waals surface area contributed by atoms with Crippen LogP contribution < -0.4 is 5.32 Å². The highest BCUT2D eigenvalue weighted by Crippen LogP contribution is 2.35. The Bertz CT molecular complexity index is 1400. The Morgan fingerprint density at radius 2 is 1.69 bits per heavy atom. The van der Waals surface area contributed by atoms with Gasteiger partial charge in [-0.1, -0.05) is 75.1 Å². The number of aryl methyl sites for hydroxylation is 1. The van der Waals surface area contributed by atoms with Crippen LogP contribution in [-0.4, -0.2) is 21.8 Å². The van der Waals surface area contributed by atoms with Gasteiger partial charge in [0.1, 0.15) is 5.82 Å². The summed E-state index contributed by atoms with van der Waals surface area (Å²) in [5.74, 6) is -2.52. The fourth-order valence-corrected chi connectivity index (χ4v) is 5.62. The lowest BCUT2D eigenvalue weighted by atomic mass is 9.88. The largest absolute Gasteiger partial charge is 0.481 e. The Balaban J connectivity index is 0.00000180. The number of nitrogens with one attached hydrogen (secondary N) is 1. The zero-order valence-corrected chi connectivity index (χ0v) is 19.4. The minimum atomic E-state index is -0.905. The first-order valence-corrected chi connectivity index (χ1v) is 12.0. The molecule has 5 rings (SSSR count). The summed E-state index contributed by atoms with van der Waals surface area (Å²) in [6.45, 7) is 2.00. The van der Waals surface area contributed by atoms with Crippen molar-refractivity contribution in [3.8, 4) is 11.1 Å². The van der Waals surface area contributed by atoms with Crippen LogP contribution in [0.15, 0.2) is 60.7 Å². The monoisotopic (exact) mass is 506 g/mol. The van der Waals surface area contributed by atoms with Crippen LogP contribution >= 0.6 is 11.3 Å². The number of carbonyl (C=O) groups excluding carboxylic acids is 1. The number of nitrogens with zero attached hydrogens (tertiary/aromatic N) is 1. The number of aromatic nitrogens is 1. The number of anilines is 2. The molecule has 1 aromatic heterocycles. The average Bonchev–Trinajstić information content (AvgIpc) is 3.48. The first-order chi connectivity index (χ1) is 16.4. The van der Waals surface area contributed by atoms with Crippen molar-refractivity contribution in [2.45, 2.75) is 41.0 Å². The minimum Gasteiger partial charge on any atom is -0.481 e. The summed E-state index contributed by atoms with van der Waals surface area (Å²) >= 11 is 1.47. The van der Waals surface area contributed by atoms with E-state index in [0.29, 0.717) is 34.8 Å². The number of hydrogen-bond acceptors (Lipinski definition) is 5. The van der Waals surface area contributed by atoms with Gasteiger partial charge in [0.25, 0.3) is 0 Å². The number of benzene rings is 3. The molecule has 0 spiro atoms. The topological polar surface area (TPSA) is 79.3 Å². The number of aliphatic carboxylic acids is 1. The van der Waals surface area contributed by atoms with Crippen LogP contribution in [0.2, 0.25) is 0 Å². The second-order valence-corrected chi connectivity index (χ2v) is 9.71. The summed E-state index contributed by atoms with van der Waals surface area (Å²) in [4.78, 5) is 28.8. The molecule has 0 radical (unpaired) electrons. The van der Waals surface area contributed by atoms with Crippen molar-refractivity contribution in [3.05, 3.63) is 77.6 Å². The Morgan fingerprint density at radius 3 is 2.36 bits per heavy atom. The quantitative estimate of drug-likeness (QED) is 0.258. The molecular formula is C29H31FN2O3S. The number of Topliss-reactive ketones (excluding diaryl/α,β-unsaturated/α-hetero) is 1. The zero-order valence-electron chi connectivity index (χ0n) is 18.5. The van der Waals surface area contributed by atoms with E-state index in [1.54, 1.807) is 30.3 Å². The number of halogens is 1. The maximum Gasteiger partial charge on any atom is 0.307 e. The molecule has 1 heterocycles. The first kappa shape index (κ1) is 27.0. The van der Waals surface area contributed by atoms with E-state index in [1.807, 2.05) is 31.2 Å². The SMILES string of the molecule is C.C.Cc1cccc2sc(Nc3ccc(-c4ccc(C(=O)[C@@H]5CCC[C@H]5C(=O)O)cc4)cc3F)nc12. The van der Waals surface area contributed by atoms with Crippen LogP contribution in [0.1, 0.15) is 50.0 Å². The lowest BCUT2D eigenvalue weighted by Crippen LogP contribution is -2.25. The summed E-state index contributed by atoms with van der Waals surface area (Å²) in [5, 5.41) is 13.1.